The first-order valence-corrected chi connectivity index (χ1v) is 12.0. The van der Waals surface area contributed by atoms with Gasteiger partial charge in [-0.1, -0.05) is 30.3 Å². The lowest BCUT2D eigenvalue weighted by Crippen LogP contribution is -2.55. The minimum atomic E-state index is -0.408. The summed E-state index contributed by atoms with van der Waals surface area (Å²) < 4.78 is 11.1. The zero-order valence-corrected chi connectivity index (χ0v) is 20.5. The molecule has 0 unspecified atom stereocenters. The molecule has 4 rings (SSSR count). The van der Waals surface area contributed by atoms with Crippen LogP contribution in [0, 0.1) is 0 Å². The van der Waals surface area contributed by atoms with Crippen molar-refractivity contribution in [2.75, 3.05) is 18.5 Å². The van der Waals surface area contributed by atoms with Crippen LogP contribution in [0.5, 0.6) is 5.75 Å². The quantitative estimate of drug-likeness (QED) is 0.485. The fraction of sp³-hybridized carbons (Fsp3) is 0.385. The van der Waals surface area contributed by atoms with E-state index in [0.717, 1.165) is 21.2 Å². The number of benzene rings is 2. The van der Waals surface area contributed by atoms with E-state index in [-0.39, 0.29) is 30.2 Å². The van der Waals surface area contributed by atoms with Crippen molar-refractivity contribution in [2.24, 2.45) is 0 Å². The maximum Gasteiger partial charge on any atom is 0.341 e. The van der Waals surface area contributed by atoms with Gasteiger partial charge in [-0.2, -0.15) is 0 Å². The third-order valence-corrected chi connectivity index (χ3v) is 7.14. The molecule has 7 heteroatoms. The summed E-state index contributed by atoms with van der Waals surface area (Å²) in [5.41, 5.74) is 0.865. The Morgan fingerprint density at radius 2 is 1.82 bits per heavy atom. The van der Waals surface area contributed by atoms with Crippen molar-refractivity contribution in [1.82, 2.24) is 5.32 Å². The number of carbonyl (C=O) groups excluding carboxylic acids is 2. The van der Waals surface area contributed by atoms with Crippen LogP contribution in [0.3, 0.4) is 0 Å². The van der Waals surface area contributed by atoms with Crippen LogP contribution in [0.2, 0.25) is 0 Å². The molecule has 0 saturated heterocycles. The van der Waals surface area contributed by atoms with Gasteiger partial charge >= 0.3 is 5.97 Å². The molecule has 1 aliphatic rings. The van der Waals surface area contributed by atoms with Crippen molar-refractivity contribution >= 4 is 39.0 Å². The molecule has 0 atom stereocenters. The molecule has 0 bridgehead atoms. The number of carbonyl (C=O) groups is 2. The summed E-state index contributed by atoms with van der Waals surface area (Å²) in [5, 5.41) is 9.21. The fourth-order valence-corrected chi connectivity index (χ4v) is 5.88. The molecule has 1 amide bonds. The monoisotopic (exact) mass is 466 g/mol. The molecule has 0 fully saturated rings. The molecular formula is C26H30N2O4S. The van der Waals surface area contributed by atoms with Crippen molar-refractivity contribution in [3.8, 4) is 5.75 Å². The van der Waals surface area contributed by atoms with Crippen molar-refractivity contribution in [1.29, 1.82) is 0 Å². The minimum absolute atomic E-state index is 0.156. The average Bonchev–Trinajstić information content (AvgIpc) is 3.09. The highest BCUT2D eigenvalue weighted by atomic mass is 32.1. The molecule has 0 aliphatic carbocycles. The van der Waals surface area contributed by atoms with Gasteiger partial charge in [-0.15, -0.1) is 11.3 Å². The Bertz CT molecular complexity index is 1210. The van der Waals surface area contributed by atoms with E-state index in [9.17, 15) is 9.59 Å². The molecule has 1 aromatic heterocycles. The topological polar surface area (TPSA) is 76.7 Å². The van der Waals surface area contributed by atoms with Crippen LogP contribution < -0.4 is 15.4 Å². The summed E-state index contributed by atoms with van der Waals surface area (Å²) in [4.78, 5) is 26.7. The Morgan fingerprint density at radius 1 is 1.09 bits per heavy atom. The van der Waals surface area contributed by atoms with Crippen LogP contribution in [0.1, 0.15) is 55.4 Å². The molecule has 1 aliphatic heterocycles. The van der Waals surface area contributed by atoms with E-state index in [2.05, 4.69) is 38.3 Å². The highest BCUT2D eigenvalue weighted by Gasteiger charge is 2.42. The van der Waals surface area contributed by atoms with Crippen LogP contribution in [0.15, 0.2) is 42.5 Å². The van der Waals surface area contributed by atoms with Gasteiger partial charge in [-0.3, -0.25) is 4.79 Å². The molecule has 0 saturated carbocycles. The summed E-state index contributed by atoms with van der Waals surface area (Å²) in [7, 11) is 0. The maximum atomic E-state index is 12.9. The molecule has 2 aromatic carbocycles. The largest absolute Gasteiger partial charge is 0.484 e. The molecule has 6 nitrogen and oxygen atoms in total. The normalized spacial score (nSPS) is 16.2. The lowest BCUT2D eigenvalue weighted by Gasteiger charge is -2.42. The van der Waals surface area contributed by atoms with E-state index in [0.29, 0.717) is 22.7 Å². The number of esters is 1. The van der Waals surface area contributed by atoms with Crippen LogP contribution in [-0.2, 0) is 21.5 Å². The molecular weight excluding hydrogens is 436 g/mol. The number of amides is 1. The predicted molar refractivity (Wildman–Crippen MR) is 132 cm³/mol. The van der Waals surface area contributed by atoms with Gasteiger partial charge < -0.3 is 20.1 Å². The van der Waals surface area contributed by atoms with Gasteiger partial charge in [-0.05, 0) is 69.5 Å². The Morgan fingerprint density at radius 3 is 2.55 bits per heavy atom. The number of nitrogens with one attached hydrogen (secondary N) is 2. The Balaban J connectivity index is 1.57. The van der Waals surface area contributed by atoms with E-state index in [1.54, 1.807) is 6.92 Å². The van der Waals surface area contributed by atoms with Gasteiger partial charge in [0.1, 0.15) is 10.8 Å². The van der Waals surface area contributed by atoms with Crippen molar-refractivity contribution in [3.63, 3.8) is 0 Å². The van der Waals surface area contributed by atoms with Gasteiger partial charge in [0, 0.05) is 16.0 Å². The van der Waals surface area contributed by atoms with E-state index < -0.39 is 5.97 Å². The van der Waals surface area contributed by atoms with E-state index in [1.165, 1.54) is 11.3 Å². The van der Waals surface area contributed by atoms with Crippen molar-refractivity contribution < 1.29 is 19.1 Å². The summed E-state index contributed by atoms with van der Waals surface area (Å²) in [6, 6.07) is 13.7. The number of anilines is 1. The highest BCUT2D eigenvalue weighted by Crippen LogP contribution is 2.45. The third kappa shape index (κ3) is 4.89. The average molecular weight is 467 g/mol. The van der Waals surface area contributed by atoms with Gasteiger partial charge in [0.2, 0.25) is 0 Å². The zero-order chi connectivity index (χ0) is 23.8. The zero-order valence-electron chi connectivity index (χ0n) is 19.7. The summed E-state index contributed by atoms with van der Waals surface area (Å²) in [6.45, 7) is 10.3. The number of rotatable bonds is 6. The Kier molecular flexibility index (Phi) is 6.20. The number of fused-ring (bicyclic) bond motifs is 2. The van der Waals surface area contributed by atoms with E-state index in [4.69, 9.17) is 9.47 Å². The van der Waals surface area contributed by atoms with Crippen molar-refractivity contribution in [3.05, 3.63) is 58.5 Å². The first kappa shape index (κ1) is 23.3. The fourth-order valence-electron chi connectivity index (χ4n) is 4.60. The molecule has 0 radical (unpaired) electrons. The van der Waals surface area contributed by atoms with Crippen LogP contribution >= 0.6 is 11.3 Å². The van der Waals surface area contributed by atoms with Crippen LogP contribution in [0.4, 0.5) is 5.00 Å². The molecule has 33 heavy (non-hydrogen) atoms. The van der Waals surface area contributed by atoms with E-state index in [1.807, 2.05) is 42.5 Å². The van der Waals surface area contributed by atoms with E-state index >= 15 is 0 Å². The Labute approximate surface area is 198 Å². The predicted octanol–water partition coefficient (Wildman–Crippen LogP) is 5.25. The first-order chi connectivity index (χ1) is 15.6. The Hall–Kier alpha value is -2.90. The smallest absolute Gasteiger partial charge is 0.341 e. The summed E-state index contributed by atoms with van der Waals surface area (Å²) in [5.74, 6) is -0.112. The summed E-state index contributed by atoms with van der Waals surface area (Å²) >= 11 is 1.42. The number of hydrogen-bond acceptors (Lipinski definition) is 6. The second kappa shape index (κ2) is 8.80. The molecule has 2 N–H and O–H groups in total. The van der Waals surface area contributed by atoms with Gasteiger partial charge in [-0.25, -0.2) is 4.79 Å². The SMILES string of the molecule is CCOC(=O)c1c(NC(=O)COc2ccc3ccccc3c2)sc2c1CC(C)(C)NC2(C)C. The molecule has 174 valence electrons. The minimum Gasteiger partial charge on any atom is -0.484 e. The maximum absolute atomic E-state index is 12.9. The van der Waals surface area contributed by atoms with Crippen LogP contribution in [0.25, 0.3) is 10.8 Å². The van der Waals surface area contributed by atoms with Gasteiger partial charge in [0.15, 0.2) is 6.61 Å². The van der Waals surface area contributed by atoms with Gasteiger partial charge in [0.25, 0.3) is 5.91 Å². The highest BCUT2D eigenvalue weighted by molar-refractivity contribution is 7.17. The number of thiophene rings is 1. The summed E-state index contributed by atoms with van der Waals surface area (Å²) in [6.07, 6.45) is 0.667. The first-order valence-electron chi connectivity index (χ1n) is 11.1. The van der Waals surface area contributed by atoms with Crippen LogP contribution in [-0.4, -0.2) is 30.6 Å². The second-order valence-corrected chi connectivity index (χ2v) is 10.5. The lowest BCUT2D eigenvalue weighted by atomic mass is 9.81. The second-order valence-electron chi connectivity index (χ2n) is 9.49. The molecule has 3 aromatic rings. The third-order valence-electron chi connectivity index (χ3n) is 5.67. The number of hydrogen-bond donors (Lipinski definition) is 2. The molecule has 0 spiro atoms. The molecule has 2 heterocycles. The van der Waals surface area contributed by atoms with Crippen molar-refractivity contribution in [2.45, 2.75) is 52.1 Å². The standard InChI is InChI=1S/C26H30N2O4S/c1-6-31-24(30)21-19-14-25(2,3)28-26(4,5)22(19)33-23(21)27-20(29)15-32-18-12-11-16-9-7-8-10-17(16)13-18/h7-13,28H,6,14-15H2,1-5H3,(H,27,29). The van der Waals surface area contributed by atoms with Gasteiger partial charge in [0.05, 0.1) is 12.2 Å². The number of ether oxygens (including phenoxy) is 2. The lowest BCUT2D eigenvalue weighted by molar-refractivity contribution is -0.118.